The van der Waals surface area contributed by atoms with Crippen LogP contribution < -0.4 is 10.6 Å². The third-order valence-corrected chi connectivity index (χ3v) is 9.40. The van der Waals surface area contributed by atoms with Crippen LogP contribution in [-0.2, 0) is 19.4 Å². The molecule has 44 heavy (non-hydrogen) atoms. The van der Waals surface area contributed by atoms with Gasteiger partial charge >= 0.3 is 5.69 Å². The zero-order valence-corrected chi connectivity index (χ0v) is 25.5. The van der Waals surface area contributed by atoms with Gasteiger partial charge < -0.3 is 14.5 Å². The number of fused-ring (bicyclic) bond motifs is 1. The van der Waals surface area contributed by atoms with E-state index in [1.165, 1.54) is 36.7 Å². The lowest BCUT2D eigenvalue weighted by Crippen LogP contribution is -2.54. The van der Waals surface area contributed by atoms with Crippen LogP contribution in [0, 0.1) is 5.82 Å². The van der Waals surface area contributed by atoms with Crippen LogP contribution in [0.25, 0.3) is 28.0 Å². The molecule has 2 saturated heterocycles. The second kappa shape index (κ2) is 11.4. The molecule has 4 aromatic rings. The number of rotatable bonds is 6. The topological polar surface area (TPSA) is 128 Å². The lowest BCUT2D eigenvalue weighted by atomic mass is 9.95. The summed E-state index contributed by atoms with van der Waals surface area (Å²) in [4.78, 5) is 42.9. The molecule has 1 amide bonds. The normalized spacial score (nSPS) is 17.5. The van der Waals surface area contributed by atoms with Crippen molar-refractivity contribution in [1.82, 2.24) is 24.4 Å². The second-order valence-electron chi connectivity index (χ2n) is 10.8. The fourth-order valence-electron chi connectivity index (χ4n) is 5.69. The Hall–Kier alpha value is -4.20. The van der Waals surface area contributed by atoms with Crippen LogP contribution in [-0.4, -0.2) is 83.9 Å². The molecule has 0 radical (unpaired) electrons. The first kappa shape index (κ1) is 29.9. The first-order valence-corrected chi connectivity index (χ1v) is 16.1. The van der Waals surface area contributed by atoms with Crippen LogP contribution >= 0.6 is 11.6 Å². The van der Waals surface area contributed by atoms with Crippen molar-refractivity contribution in [3.63, 3.8) is 0 Å². The van der Waals surface area contributed by atoms with Crippen molar-refractivity contribution in [3.05, 3.63) is 82.3 Å². The van der Waals surface area contributed by atoms with E-state index in [-0.39, 0.29) is 61.6 Å². The predicted molar refractivity (Wildman–Crippen MR) is 164 cm³/mol. The molecular weight excluding hydrogens is 611 g/mol. The van der Waals surface area contributed by atoms with Crippen molar-refractivity contribution in [2.75, 3.05) is 44.0 Å². The van der Waals surface area contributed by atoms with Gasteiger partial charge in [0.1, 0.15) is 17.3 Å². The summed E-state index contributed by atoms with van der Waals surface area (Å²) in [6.45, 7) is 7.03. The van der Waals surface area contributed by atoms with E-state index < -0.39 is 21.3 Å². The number of aromatic nitrogens is 4. The number of amides is 1. The van der Waals surface area contributed by atoms with Gasteiger partial charge in [-0.25, -0.2) is 27.2 Å². The molecule has 0 unspecified atom stereocenters. The maximum Gasteiger partial charge on any atom is 0.355 e. The smallest absolute Gasteiger partial charge is 0.355 e. The molecule has 0 saturated carbocycles. The number of hydrogen-bond donors (Lipinski definition) is 0. The third-order valence-electron chi connectivity index (χ3n) is 7.94. The molecule has 2 aliphatic heterocycles. The molecule has 6 rings (SSSR count). The number of sulfone groups is 1. The minimum Gasteiger partial charge on any atom is -0.380 e. The van der Waals surface area contributed by atoms with Crippen molar-refractivity contribution in [2.45, 2.75) is 23.8 Å². The van der Waals surface area contributed by atoms with Crippen LogP contribution in [0.4, 0.5) is 10.2 Å². The number of pyridine rings is 2. The van der Waals surface area contributed by atoms with Crippen molar-refractivity contribution >= 4 is 44.2 Å². The molecule has 2 fully saturated rings. The van der Waals surface area contributed by atoms with Crippen molar-refractivity contribution in [2.24, 2.45) is 0 Å². The lowest BCUT2D eigenvalue weighted by molar-refractivity contribution is -0.126. The van der Waals surface area contributed by atoms with Gasteiger partial charge in [-0.1, -0.05) is 30.3 Å². The monoisotopic (exact) mass is 638 g/mol. The molecule has 0 spiro atoms. The maximum absolute atomic E-state index is 16.0. The van der Waals surface area contributed by atoms with E-state index in [0.29, 0.717) is 38.4 Å². The first-order chi connectivity index (χ1) is 21.0. The molecule has 2 aliphatic rings. The molecule has 1 aromatic carbocycles. The predicted octanol–water partition coefficient (Wildman–Crippen LogP) is 3.38. The van der Waals surface area contributed by atoms with Crippen LogP contribution in [0.1, 0.15) is 18.4 Å². The summed E-state index contributed by atoms with van der Waals surface area (Å²) >= 11 is 6.40. The average molecular weight is 639 g/mol. The number of anilines is 1. The third kappa shape index (κ3) is 5.14. The molecule has 0 aliphatic carbocycles. The molecule has 5 heterocycles. The standard InChI is InChI=1S/C30H28ClFN6O5S/c1-4-25(39)36-10-11-37(17(2)14-36)28-20-12-23(32)26(21-13-33-9-8-22(21)31)34-29(20)38(30(40)35-28)27-19(18-15-43-16-18)6-5-7-24(27)44(3,41)42/h4-9,12-13,17-18H,1,10-11,14-16H2,2-3H3/t17-/m0/s1. The minimum absolute atomic E-state index is 0.00860. The van der Waals surface area contributed by atoms with Crippen LogP contribution in [0.2, 0.25) is 5.02 Å². The van der Waals surface area contributed by atoms with Crippen LogP contribution in [0.3, 0.4) is 0 Å². The fourth-order valence-corrected chi connectivity index (χ4v) is 6.77. The molecular formula is C30H28ClFN6O5S. The largest absolute Gasteiger partial charge is 0.380 e. The SMILES string of the molecule is C=CC(=O)N1CCN(c2nc(=O)n(-c3c(C4COC4)cccc3S(C)(=O)=O)c3nc(-c4cnccc4Cl)c(F)cc23)[C@@H](C)C1. The Morgan fingerprint density at radius 1 is 1.20 bits per heavy atom. The second-order valence-corrected chi connectivity index (χ2v) is 13.2. The molecule has 3 aromatic heterocycles. The van der Waals surface area contributed by atoms with Crippen molar-refractivity contribution in [3.8, 4) is 16.9 Å². The molecule has 11 nitrogen and oxygen atoms in total. The highest BCUT2D eigenvalue weighted by Crippen LogP contribution is 2.37. The van der Waals surface area contributed by atoms with Crippen LogP contribution in [0.5, 0.6) is 0 Å². The highest BCUT2D eigenvalue weighted by atomic mass is 35.5. The summed E-state index contributed by atoms with van der Waals surface area (Å²) in [6.07, 6.45) is 5.12. The van der Waals surface area contributed by atoms with Gasteiger partial charge in [0, 0.05) is 55.8 Å². The zero-order valence-electron chi connectivity index (χ0n) is 23.9. The summed E-state index contributed by atoms with van der Waals surface area (Å²) in [5.41, 5.74) is -0.126. The summed E-state index contributed by atoms with van der Waals surface area (Å²) in [5.74, 6) is -0.977. The summed E-state index contributed by atoms with van der Waals surface area (Å²) < 4.78 is 48.7. The summed E-state index contributed by atoms with van der Waals surface area (Å²) in [7, 11) is -3.86. The Balaban J connectivity index is 1.67. The average Bonchev–Trinajstić information content (AvgIpc) is 2.95. The Morgan fingerprint density at radius 3 is 2.61 bits per heavy atom. The molecule has 228 valence electrons. The number of hydrogen-bond acceptors (Lipinski definition) is 9. The number of halogens is 2. The van der Waals surface area contributed by atoms with Gasteiger partial charge in [-0.2, -0.15) is 4.98 Å². The Bertz CT molecular complexity index is 2000. The van der Waals surface area contributed by atoms with Crippen LogP contribution in [0.15, 0.2) is 65.1 Å². The molecule has 1 atom stereocenters. The minimum atomic E-state index is -3.86. The summed E-state index contributed by atoms with van der Waals surface area (Å²) in [6, 6.07) is 7.18. The quantitative estimate of drug-likeness (QED) is 0.292. The zero-order chi connectivity index (χ0) is 31.3. The van der Waals surface area contributed by atoms with E-state index in [0.717, 1.165) is 10.8 Å². The van der Waals surface area contributed by atoms with Gasteiger partial charge in [-0.05, 0) is 36.8 Å². The van der Waals surface area contributed by atoms with Crippen molar-refractivity contribution in [1.29, 1.82) is 0 Å². The fraction of sp³-hybridized carbons (Fsp3) is 0.300. The number of piperazine rings is 1. The van der Waals surface area contributed by atoms with Gasteiger partial charge in [0.15, 0.2) is 15.5 Å². The van der Waals surface area contributed by atoms with E-state index in [1.54, 1.807) is 17.0 Å². The number of carbonyl (C=O) groups excluding carboxylic acids is 1. The molecule has 0 N–H and O–H groups in total. The maximum atomic E-state index is 16.0. The number of para-hydroxylation sites is 1. The van der Waals surface area contributed by atoms with Gasteiger partial charge in [-0.3, -0.25) is 9.78 Å². The van der Waals surface area contributed by atoms with E-state index in [2.05, 4.69) is 21.5 Å². The van der Waals surface area contributed by atoms with Gasteiger partial charge in [0.05, 0.1) is 34.2 Å². The lowest BCUT2D eigenvalue weighted by Gasteiger charge is -2.40. The van der Waals surface area contributed by atoms with E-state index in [1.807, 2.05) is 11.8 Å². The Kier molecular flexibility index (Phi) is 7.72. The summed E-state index contributed by atoms with van der Waals surface area (Å²) in [5, 5.41) is 0.370. The Morgan fingerprint density at radius 2 is 1.98 bits per heavy atom. The van der Waals surface area contributed by atoms with Gasteiger partial charge in [0.2, 0.25) is 5.91 Å². The van der Waals surface area contributed by atoms with Gasteiger partial charge in [-0.15, -0.1) is 0 Å². The number of benzene rings is 1. The highest BCUT2D eigenvalue weighted by molar-refractivity contribution is 7.90. The van der Waals surface area contributed by atoms with Crippen molar-refractivity contribution < 1.29 is 22.3 Å². The Labute approximate surface area is 257 Å². The number of nitrogens with zero attached hydrogens (tertiary/aromatic N) is 6. The van der Waals surface area contributed by atoms with E-state index in [9.17, 15) is 18.0 Å². The molecule has 14 heteroatoms. The first-order valence-electron chi connectivity index (χ1n) is 13.8. The molecule has 0 bridgehead atoms. The number of ether oxygens (including phenoxy) is 1. The van der Waals surface area contributed by atoms with Gasteiger partial charge in [0.25, 0.3) is 0 Å². The van der Waals surface area contributed by atoms with E-state index in [4.69, 9.17) is 16.3 Å². The number of carbonyl (C=O) groups is 1. The highest BCUT2D eigenvalue weighted by Gasteiger charge is 2.33. The van der Waals surface area contributed by atoms with E-state index >= 15 is 4.39 Å².